The number of hydrogen-bond donors (Lipinski definition) is 3. The molecule has 0 saturated heterocycles. The minimum absolute atomic E-state index is 0.153. The van der Waals surface area contributed by atoms with Gasteiger partial charge in [-0.05, 0) is 30.2 Å². The van der Waals surface area contributed by atoms with Crippen LogP contribution in [0.3, 0.4) is 0 Å². The third kappa shape index (κ3) is 3.51. The Labute approximate surface area is 121 Å². The SMILES string of the molecule is CCC1(CNCc2ccc(/C(N)=N/O)cc2)CCCC1. The fourth-order valence-electron chi connectivity index (χ4n) is 3.10. The summed E-state index contributed by atoms with van der Waals surface area (Å²) in [6, 6.07) is 7.82. The molecule has 1 aromatic carbocycles. The minimum Gasteiger partial charge on any atom is -0.409 e. The van der Waals surface area contributed by atoms with Crippen LogP contribution in [0.1, 0.15) is 50.2 Å². The van der Waals surface area contributed by atoms with Crippen molar-refractivity contribution in [3.8, 4) is 0 Å². The fourth-order valence-corrected chi connectivity index (χ4v) is 3.10. The summed E-state index contributed by atoms with van der Waals surface area (Å²) >= 11 is 0. The van der Waals surface area contributed by atoms with E-state index >= 15 is 0 Å². The Hall–Kier alpha value is -1.55. The minimum atomic E-state index is 0.153. The second-order valence-electron chi connectivity index (χ2n) is 5.85. The smallest absolute Gasteiger partial charge is 0.170 e. The van der Waals surface area contributed by atoms with Crippen molar-refractivity contribution in [2.75, 3.05) is 6.54 Å². The van der Waals surface area contributed by atoms with Gasteiger partial charge >= 0.3 is 0 Å². The van der Waals surface area contributed by atoms with Gasteiger partial charge in [0.05, 0.1) is 0 Å². The molecular weight excluding hydrogens is 250 g/mol. The van der Waals surface area contributed by atoms with Crippen LogP contribution >= 0.6 is 0 Å². The second-order valence-corrected chi connectivity index (χ2v) is 5.85. The number of oxime groups is 1. The molecule has 4 nitrogen and oxygen atoms in total. The van der Waals surface area contributed by atoms with E-state index in [2.05, 4.69) is 17.4 Å². The van der Waals surface area contributed by atoms with Crippen LogP contribution in [0.4, 0.5) is 0 Å². The van der Waals surface area contributed by atoms with Crippen molar-refractivity contribution in [2.24, 2.45) is 16.3 Å². The van der Waals surface area contributed by atoms with Crippen LogP contribution in [-0.4, -0.2) is 17.6 Å². The van der Waals surface area contributed by atoms with E-state index in [-0.39, 0.29) is 5.84 Å². The zero-order chi connectivity index (χ0) is 14.4. The topological polar surface area (TPSA) is 70.6 Å². The highest BCUT2D eigenvalue weighted by Gasteiger charge is 2.31. The number of benzene rings is 1. The number of amidine groups is 1. The van der Waals surface area contributed by atoms with Crippen molar-refractivity contribution in [3.63, 3.8) is 0 Å². The molecule has 0 unspecified atom stereocenters. The van der Waals surface area contributed by atoms with E-state index in [1.165, 1.54) is 37.7 Å². The Morgan fingerprint density at radius 2 is 1.95 bits per heavy atom. The van der Waals surface area contributed by atoms with Crippen LogP contribution < -0.4 is 11.1 Å². The number of nitrogens with one attached hydrogen (secondary N) is 1. The van der Waals surface area contributed by atoms with Crippen molar-refractivity contribution >= 4 is 5.84 Å². The summed E-state index contributed by atoms with van der Waals surface area (Å²) < 4.78 is 0. The lowest BCUT2D eigenvalue weighted by Gasteiger charge is -2.27. The van der Waals surface area contributed by atoms with Gasteiger partial charge in [0, 0.05) is 18.7 Å². The Kier molecular flexibility index (Phi) is 5.01. The lowest BCUT2D eigenvalue weighted by atomic mass is 9.83. The molecule has 0 atom stereocenters. The molecule has 0 heterocycles. The second kappa shape index (κ2) is 6.75. The Morgan fingerprint density at radius 1 is 1.30 bits per heavy atom. The van der Waals surface area contributed by atoms with Crippen LogP contribution in [0, 0.1) is 5.41 Å². The zero-order valence-electron chi connectivity index (χ0n) is 12.2. The Balaban J connectivity index is 1.85. The molecule has 0 aromatic heterocycles. The maximum atomic E-state index is 8.63. The van der Waals surface area contributed by atoms with Gasteiger partial charge in [0.25, 0.3) is 0 Å². The first-order valence-corrected chi connectivity index (χ1v) is 7.47. The maximum Gasteiger partial charge on any atom is 0.170 e. The average molecular weight is 275 g/mol. The highest BCUT2D eigenvalue weighted by molar-refractivity contribution is 5.96. The number of rotatable bonds is 6. The molecule has 110 valence electrons. The third-order valence-electron chi connectivity index (χ3n) is 4.60. The summed E-state index contributed by atoms with van der Waals surface area (Å²) in [6.45, 7) is 4.28. The average Bonchev–Trinajstić information content (AvgIpc) is 2.96. The molecule has 1 aromatic rings. The lowest BCUT2D eigenvalue weighted by molar-refractivity contribution is 0.268. The monoisotopic (exact) mass is 275 g/mol. The van der Waals surface area contributed by atoms with Gasteiger partial charge in [-0.15, -0.1) is 0 Å². The van der Waals surface area contributed by atoms with Crippen molar-refractivity contribution in [3.05, 3.63) is 35.4 Å². The van der Waals surface area contributed by atoms with E-state index in [0.29, 0.717) is 5.41 Å². The standard InChI is InChI=1S/C16H25N3O/c1-2-16(9-3-4-10-16)12-18-11-13-5-7-14(8-6-13)15(17)19-20/h5-8,18,20H,2-4,9-12H2,1H3,(H2,17,19). The van der Waals surface area contributed by atoms with Crippen molar-refractivity contribution in [2.45, 2.75) is 45.6 Å². The van der Waals surface area contributed by atoms with E-state index in [1.54, 1.807) is 0 Å². The van der Waals surface area contributed by atoms with Gasteiger partial charge in [-0.3, -0.25) is 0 Å². The predicted molar refractivity (Wildman–Crippen MR) is 81.9 cm³/mol. The van der Waals surface area contributed by atoms with Gasteiger partial charge in [0.2, 0.25) is 0 Å². The molecule has 4 N–H and O–H groups in total. The van der Waals surface area contributed by atoms with Crippen LogP contribution in [0.2, 0.25) is 0 Å². The number of nitrogens with two attached hydrogens (primary N) is 1. The maximum absolute atomic E-state index is 8.63. The van der Waals surface area contributed by atoms with Crippen LogP contribution in [0.5, 0.6) is 0 Å². The molecule has 20 heavy (non-hydrogen) atoms. The highest BCUT2D eigenvalue weighted by Crippen LogP contribution is 2.40. The molecule has 4 heteroatoms. The Bertz CT molecular complexity index is 447. The Morgan fingerprint density at radius 3 is 2.50 bits per heavy atom. The van der Waals surface area contributed by atoms with Crippen LogP contribution in [0.15, 0.2) is 29.4 Å². The van der Waals surface area contributed by atoms with E-state index in [0.717, 1.165) is 18.7 Å². The van der Waals surface area contributed by atoms with E-state index < -0.39 is 0 Å². The van der Waals surface area contributed by atoms with Gasteiger partial charge in [-0.1, -0.05) is 49.2 Å². The van der Waals surface area contributed by atoms with Gasteiger partial charge in [0.15, 0.2) is 5.84 Å². The zero-order valence-corrected chi connectivity index (χ0v) is 12.2. The quantitative estimate of drug-likeness (QED) is 0.323. The molecule has 1 fully saturated rings. The molecule has 2 rings (SSSR count). The summed E-state index contributed by atoms with van der Waals surface area (Å²) in [4.78, 5) is 0. The molecule has 0 aliphatic heterocycles. The van der Waals surface area contributed by atoms with Crippen molar-refractivity contribution in [1.82, 2.24) is 5.32 Å². The molecule has 1 aliphatic carbocycles. The lowest BCUT2D eigenvalue weighted by Crippen LogP contribution is -2.31. The highest BCUT2D eigenvalue weighted by atomic mass is 16.4. The summed E-state index contributed by atoms with van der Waals surface area (Å²) in [6.07, 6.45) is 6.74. The van der Waals surface area contributed by atoms with Crippen molar-refractivity contribution < 1.29 is 5.21 Å². The van der Waals surface area contributed by atoms with Crippen LogP contribution in [-0.2, 0) is 6.54 Å². The molecule has 0 spiro atoms. The molecule has 0 amide bonds. The first kappa shape index (κ1) is 14.9. The molecule has 1 aliphatic rings. The first-order valence-electron chi connectivity index (χ1n) is 7.47. The summed E-state index contributed by atoms with van der Waals surface area (Å²) in [5.41, 5.74) is 8.04. The number of hydrogen-bond acceptors (Lipinski definition) is 3. The van der Waals surface area contributed by atoms with Gasteiger partial charge in [0.1, 0.15) is 0 Å². The molecule has 0 radical (unpaired) electrons. The summed E-state index contributed by atoms with van der Waals surface area (Å²) in [5, 5.41) is 15.2. The van der Waals surface area contributed by atoms with Gasteiger partial charge < -0.3 is 16.3 Å². The molecule has 0 bridgehead atoms. The third-order valence-corrected chi connectivity index (χ3v) is 4.60. The fraction of sp³-hybridized carbons (Fsp3) is 0.562. The van der Waals surface area contributed by atoms with Gasteiger partial charge in [-0.25, -0.2) is 0 Å². The summed E-state index contributed by atoms with van der Waals surface area (Å²) in [7, 11) is 0. The van der Waals surface area contributed by atoms with Gasteiger partial charge in [-0.2, -0.15) is 0 Å². The normalized spacial score (nSPS) is 18.4. The van der Waals surface area contributed by atoms with Crippen molar-refractivity contribution in [1.29, 1.82) is 0 Å². The molecule has 1 saturated carbocycles. The first-order chi connectivity index (χ1) is 9.69. The predicted octanol–water partition coefficient (Wildman–Crippen LogP) is 2.84. The van der Waals surface area contributed by atoms with E-state index in [9.17, 15) is 0 Å². The summed E-state index contributed by atoms with van der Waals surface area (Å²) in [5.74, 6) is 0.153. The number of nitrogens with zero attached hydrogens (tertiary/aromatic N) is 1. The van der Waals surface area contributed by atoms with E-state index in [1.807, 2.05) is 24.3 Å². The largest absolute Gasteiger partial charge is 0.409 e. The van der Waals surface area contributed by atoms with Crippen LogP contribution in [0.25, 0.3) is 0 Å². The van der Waals surface area contributed by atoms with E-state index in [4.69, 9.17) is 10.9 Å². The molecular formula is C16H25N3O.